The van der Waals surface area contributed by atoms with Crippen molar-refractivity contribution in [2.75, 3.05) is 0 Å². The summed E-state index contributed by atoms with van der Waals surface area (Å²) in [6.07, 6.45) is 0. The van der Waals surface area contributed by atoms with Crippen molar-refractivity contribution in [3.8, 4) is 0 Å². The van der Waals surface area contributed by atoms with Crippen molar-refractivity contribution in [1.82, 2.24) is 0 Å². The third kappa shape index (κ3) is 2.12. The summed E-state index contributed by atoms with van der Waals surface area (Å²) < 4.78 is 0. The standard InChI is InChI=1S/C13H16OSSi/c1-16(2,11-7-4-3-5-8-11)13(14)12-9-6-10-15-12/h3-10,13-14H,1-2H3. The Morgan fingerprint density at radius 3 is 2.31 bits per heavy atom. The van der Waals surface area contributed by atoms with Gasteiger partial charge in [0.25, 0.3) is 0 Å². The Morgan fingerprint density at radius 2 is 1.75 bits per heavy atom. The van der Waals surface area contributed by atoms with Crippen LogP contribution in [0.2, 0.25) is 13.1 Å². The molecule has 0 aliphatic heterocycles. The monoisotopic (exact) mass is 248 g/mol. The maximum absolute atomic E-state index is 10.5. The number of hydrogen-bond donors (Lipinski definition) is 1. The Hall–Kier alpha value is -0.903. The van der Waals surface area contributed by atoms with Gasteiger partial charge in [-0.05, 0) is 11.4 Å². The highest BCUT2D eigenvalue weighted by molar-refractivity contribution is 7.11. The Kier molecular flexibility index (Phi) is 3.28. The zero-order valence-corrected chi connectivity index (χ0v) is 11.4. The molecule has 84 valence electrons. The minimum absolute atomic E-state index is 0.310. The van der Waals surface area contributed by atoms with E-state index in [2.05, 4.69) is 25.2 Å². The summed E-state index contributed by atoms with van der Waals surface area (Å²) in [5.74, 6) is 0. The highest BCUT2D eigenvalue weighted by Crippen LogP contribution is 2.27. The lowest BCUT2D eigenvalue weighted by Crippen LogP contribution is -2.47. The first-order valence-electron chi connectivity index (χ1n) is 5.39. The van der Waals surface area contributed by atoms with Crippen molar-refractivity contribution in [2.45, 2.75) is 18.8 Å². The second kappa shape index (κ2) is 4.53. The number of aliphatic hydroxyl groups is 1. The number of benzene rings is 1. The van der Waals surface area contributed by atoms with E-state index in [0.717, 1.165) is 4.88 Å². The van der Waals surface area contributed by atoms with Gasteiger partial charge in [-0.3, -0.25) is 0 Å². The molecule has 1 aromatic heterocycles. The van der Waals surface area contributed by atoms with Crippen molar-refractivity contribution in [3.05, 3.63) is 52.7 Å². The highest BCUT2D eigenvalue weighted by atomic mass is 32.1. The van der Waals surface area contributed by atoms with Gasteiger partial charge in [-0.1, -0.05) is 54.7 Å². The van der Waals surface area contributed by atoms with Crippen LogP contribution < -0.4 is 5.19 Å². The average molecular weight is 248 g/mol. The minimum atomic E-state index is -1.82. The Morgan fingerprint density at radius 1 is 1.06 bits per heavy atom. The Bertz CT molecular complexity index is 436. The van der Waals surface area contributed by atoms with Crippen LogP contribution in [0.4, 0.5) is 0 Å². The lowest BCUT2D eigenvalue weighted by Gasteiger charge is -2.28. The van der Waals surface area contributed by atoms with Gasteiger partial charge in [-0.15, -0.1) is 11.3 Å². The number of aliphatic hydroxyl groups excluding tert-OH is 1. The topological polar surface area (TPSA) is 20.2 Å². The van der Waals surface area contributed by atoms with Crippen LogP contribution in [0.25, 0.3) is 0 Å². The van der Waals surface area contributed by atoms with Gasteiger partial charge in [0.2, 0.25) is 0 Å². The van der Waals surface area contributed by atoms with E-state index in [1.807, 2.05) is 35.7 Å². The van der Waals surface area contributed by atoms with E-state index < -0.39 is 8.07 Å². The zero-order valence-electron chi connectivity index (χ0n) is 9.55. The quantitative estimate of drug-likeness (QED) is 0.828. The predicted molar refractivity (Wildman–Crippen MR) is 72.8 cm³/mol. The summed E-state index contributed by atoms with van der Waals surface area (Å²) in [6, 6.07) is 14.4. The molecule has 1 unspecified atom stereocenters. The first-order chi connectivity index (χ1) is 7.62. The molecule has 1 heterocycles. The van der Waals surface area contributed by atoms with Crippen molar-refractivity contribution in [2.24, 2.45) is 0 Å². The molecule has 1 atom stereocenters. The van der Waals surface area contributed by atoms with Crippen LogP contribution >= 0.6 is 11.3 Å². The first-order valence-corrected chi connectivity index (χ1v) is 9.35. The van der Waals surface area contributed by atoms with Gasteiger partial charge in [-0.2, -0.15) is 0 Å². The van der Waals surface area contributed by atoms with Gasteiger partial charge in [0, 0.05) is 4.88 Å². The third-order valence-corrected chi connectivity index (χ3v) is 7.65. The lowest BCUT2D eigenvalue weighted by molar-refractivity contribution is 0.255. The van der Waals surface area contributed by atoms with Gasteiger partial charge in [0.15, 0.2) is 0 Å². The van der Waals surface area contributed by atoms with E-state index in [4.69, 9.17) is 0 Å². The Balaban J connectivity index is 2.32. The largest absolute Gasteiger partial charge is 0.391 e. The third-order valence-electron chi connectivity index (χ3n) is 3.01. The van der Waals surface area contributed by atoms with Crippen LogP contribution in [0.1, 0.15) is 10.6 Å². The maximum Gasteiger partial charge on any atom is 0.119 e. The van der Waals surface area contributed by atoms with Gasteiger partial charge < -0.3 is 5.11 Å². The molecule has 0 aliphatic rings. The van der Waals surface area contributed by atoms with Gasteiger partial charge in [0.1, 0.15) is 8.07 Å². The van der Waals surface area contributed by atoms with Crippen LogP contribution in [-0.4, -0.2) is 13.2 Å². The van der Waals surface area contributed by atoms with Crippen LogP contribution in [0.5, 0.6) is 0 Å². The summed E-state index contributed by atoms with van der Waals surface area (Å²) in [4.78, 5) is 1.08. The minimum Gasteiger partial charge on any atom is -0.391 e. The Labute approximate surface area is 101 Å². The molecule has 0 bridgehead atoms. The second-order valence-electron chi connectivity index (χ2n) is 4.51. The first kappa shape index (κ1) is 11.6. The predicted octanol–water partition coefficient (Wildman–Crippen LogP) is 2.94. The molecule has 0 aliphatic carbocycles. The number of thiophene rings is 1. The molecule has 0 fully saturated rings. The SMILES string of the molecule is C[Si](C)(c1ccccc1)C(O)c1cccs1. The van der Waals surface area contributed by atoms with Crippen molar-refractivity contribution >= 4 is 24.6 Å². The molecule has 1 aromatic carbocycles. The van der Waals surface area contributed by atoms with E-state index in [9.17, 15) is 5.11 Å². The summed E-state index contributed by atoms with van der Waals surface area (Å²) in [7, 11) is -1.82. The van der Waals surface area contributed by atoms with Gasteiger partial charge >= 0.3 is 0 Å². The fraction of sp³-hybridized carbons (Fsp3) is 0.231. The van der Waals surface area contributed by atoms with Crippen molar-refractivity contribution < 1.29 is 5.11 Å². The fourth-order valence-electron chi connectivity index (χ4n) is 1.83. The van der Waals surface area contributed by atoms with Gasteiger partial charge in [0.05, 0.1) is 5.73 Å². The second-order valence-corrected chi connectivity index (χ2v) is 10.1. The molecule has 0 radical (unpaired) electrons. The van der Waals surface area contributed by atoms with E-state index in [1.54, 1.807) is 11.3 Å². The molecule has 1 N–H and O–H groups in total. The smallest absolute Gasteiger partial charge is 0.119 e. The lowest BCUT2D eigenvalue weighted by atomic mass is 10.4. The summed E-state index contributed by atoms with van der Waals surface area (Å²) in [5.41, 5.74) is -0.310. The molecule has 0 saturated heterocycles. The van der Waals surface area contributed by atoms with E-state index in [1.165, 1.54) is 5.19 Å². The molecule has 0 spiro atoms. The van der Waals surface area contributed by atoms with Crippen LogP contribution in [0.3, 0.4) is 0 Å². The normalized spacial score (nSPS) is 13.7. The van der Waals surface area contributed by atoms with Crippen LogP contribution in [0, 0.1) is 0 Å². The molecule has 2 rings (SSSR count). The summed E-state index contributed by atoms with van der Waals surface area (Å²) in [6.45, 7) is 4.43. The molecule has 3 heteroatoms. The average Bonchev–Trinajstić information content (AvgIpc) is 2.82. The van der Waals surface area contributed by atoms with Crippen LogP contribution in [-0.2, 0) is 0 Å². The summed E-state index contributed by atoms with van der Waals surface area (Å²) >= 11 is 1.64. The molecular weight excluding hydrogens is 232 g/mol. The highest BCUT2D eigenvalue weighted by Gasteiger charge is 2.33. The van der Waals surface area contributed by atoms with E-state index >= 15 is 0 Å². The van der Waals surface area contributed by atoms with Crippen LogP contribution in [0.15, 0.2) is 47.8 Å². The fourth-order valence-corrected chi connectivity index (χ4v) is 5.69. The molecule has 0 saturated carbocycles. The molecule has 0 amide bonds. The zero-order chi connectivity index (χ0) is 11.6. The maximum atomic E-state index is 10.5. The molecule has 16 heavy (non-hydrogen) atoms. The number of hydrogen-bond acceptors (Lipinski definition) is 2. The van der Waals surface area contributed by atoms with Gasteiger partial charge in [-0.25, -0.2) is 0 Å². The van der Waals surface area contributed by atoms with E-state index in [-0.39, 0.29) is 5.73 Å². The van der Waals surface area contributed by atoms with Crippen molar-refractivity contribution in [3.63, 3.8) is 0 Å². The molecular formula is C13H16OSSi. The van der Waals surface area contributed by atoms with E-state index in [0.29, 0.717) is 0 Å². The number of rotatable bonds is 3. The molecule has 2 aromatic rings. The summed E-state index contributed by atoms with van der Waals surface area (Å²) in [5, 5.41) is 13.8. The van der Waals surface area contributed by atoms with Crippen molar-refractivity contribution in [1.29, 1.82) is 0 Å². The molecule has 1 nitrogen and oxygen atoms in total.